The van der Waals surface area contributed by atoms with Gasteiger partial charge in [0.05, 0.1) is 0 Å². The molecule has 0 radical (unpaired) electrons. The van der Waals surface area contributed by atoms with E-state index in [4.69, 9.17) is 5.73 Å². The normalized spacial score (nSPS) is 28.3. The molecule has 16 heavy (non-hydrogen) atoms. The van der Waals surface area contributed by atoms with Gasteiger partial charge in [0.2, 0.25) is 0 Å². The standard InChI is InChI=1S/C14H30N2/c1-4-13(11-15)9-10-16(3)14-8-6-5-7-12(14)2/h12-14H,4-11,15H2,1-3H3. The lowest BCUT2D eigenvalue weighted by atomic mass is 9.85. The summed E-state index contributed by atoms with van der Waals surface area (Å²) in [6.07, 6.45) is 8.18. The van der Waals surface area contributed by atoms with E-state index in [2.05, 4.69) is 25.8 Å². The molecule has 1 aliphatic carbocycles. The fourth-order valence-corrected chi connectivity index (χ4v) is 2.99. The summed E-state index contributed by atoms with van der Waals surface area (Å²) < 4.78 is 0. The Morgan fingerprint density at radius 1 is 1.31 bits per heavy atom. The minimum Gasteiger partial charge on any atom is -0.330 e. The molecule has 1 rings (SSSR count). The Hall–Kier alpha value is -0.0800. The van der Waals surface area contributed by atoms with Gasteiger partial charge in [-0.2, -0.15) is 0 Å². The zero-order chi connectivity index (χ0) is 12.0. The monoisotopic (exact) mass is 226 g/mol. The van der Waals surface area contributed by atoms with Crippen molar-refractivity contribution in [3.05, 3.63) is 0 Å². The third-order valence-corrected chi connectivity index (χ3v) is 4.43. The molecule has 0 saturated heterocycles. The van der Waals surface area contributed by atoms with E-state index in [-0.39, 0.29) is 0 Å². The summed E-state index contributed by atoms with van der Waals surface area (Å²) in [4.78, 5) is 2.59. The van der Waals surface area contributed by atoms with Crippen LogP contribution in [0.4, 0.5) is 0 Å². The van der Waals surface area contributed by atoms with E-state index in [1.54, 1.807) is 0 Å². The van der Waals surface area contributed by atoms with Crippen molar-refractivity contribution in [1.29, 1.82) is 0 Å². The largest absolute Gasteiger partial charge is 0.330 e. The molecule has 0 bridgehead atoms. The molecule has 0 aromatic rings. The number of rotatable bonds is 6. The predicted molar refractivity (Wildman–Crippen MR) is 71.5 cm³/mol. The van der Waals surface area contributed by atoms with E-state index in [9.17, 15) is 0 Å². The Morgan fingerprint density at radius 2 is 2.00 bits per heavy atom. The average Bonchev–Trinajstić information content (AvgIpc) is 2.30. The van der Waals surface area contributed by atoms with Gasteiger partial charge in [-0.1, -0.05) is 33.1 Å². The van der Waals surface area contributed by atoms with E-state index in [1.165, 1.54) is 45.1 Å². The molecule has 3 atom stereocenters. The molecule has 0 heterocycles. The lowest BCUT2D eigenvalue weighted by Crippen LogP contribution is -2.40. The minimum atomic E-state index is 0.723. The highest BCUT2D eigenvalue weighted by Crippen LogP contribution is 2.27. The number of hydrogen-bond acceptors (Lipinski definition) is 2. The van der Waals surface area contributed by atoms with E-state index in [1.807, 2.05) is 0 Å². The summed E-state index contributed by atoms with van der Waals surface area (Å²) in [7, 11) is 2.30. The van der Waals surface area contributed by atoms with Gasteiger partial charge in [0, 0.05) is 6.04 Å². The maximum Gasteiger partial charge on any atom is 0.0118 e. The third kappa shape index (κ3) is 4.06. The van der Waals surface area contributed by atoms with Gasteiger partial charge in [-0.15, -0.1) is 0 Å². The van der Waals surface area contributed by atoms with Gasteiger partial charge >= 0.3 is 0 Å². The van der Waals surface area contributed by atoms with Gasteiger partial charge in [-0.3, -0.25) is 0 Å². The molecule has 2 N–H and O–H groups in total. The predicted octanol–water partition coefficient (Wildman–Crippen LogP) is 2.87. The first kappa shape index (κ1) is 14.0. The molecule has 0 aliphatic heterocycles. The van der Waals surface area contributed by atoms with Crippen molar-refractivity contribution in [3.63, 3.8) is 0 Å². The molecule has 2 nitrogen and oxygen atoms in total. The summed E-state index contributed by atoms with van der Waals surface area (Å²) in [5.74, 6) is 1.61. The van der Waals surface area contributed by atoms with Crippen molar-refractivity contribution in [2.24, 2.45) is 17.6 Å². The molecule has 1 saturated carbocycles. The molecule has 0 amide bonds. The molecule has 0 aromatic carbocycles. The minimum absolute atomic E-state index is 0.723. The second-order valence-electron chi connectivity index (χ2n) is 5.61. The van der Waals surface area contributed by atoms with Crippen LogP contribution in [-0.2, 0) is 0 Å². The molecule has 1 aliphatic rings. The van der Waals surface area contributed by atoms with Crippen LogP contribution in [0, 0.1) is 11.8 Å². The Morgan fingerprint density at radius 3 is 2.56 bits per heavy atom. The third-order valence-electron chi connectivity index (χ3n) is 4.43. The number of nitrogens with two attached hydrogens (primary N) is 1. The maximum atomic E-state index is 5.76. The first-order valence-electron chi connectivity index (χ1n) is 7.09. The Balaban J connectivity index is 2.30. The van der Waals surface area contributed by atoms with Crippen LogP contribution >= 0.6 is 0 Å². The summed E-state index contributed by atoms with van der Waals surface area (Å²) >= 11 is 0. The topological polar surface area (TPSA) is 29.3 Å². The van der Waals surface area contributed by atoms with Crippen LogP contribution in [-0.4, -0.2) is 31.1 Å². The van der Waals surface area contributed by atoms with Crippen LogP contribution in [0.5, 0.6) is 0 Å². The number of hydrogen-bond donors (Lipinski definition) is 1. The Labute approximate surface area is 102 Å². The van der Waals surface area contributed by atoms with Crippen molar-refractivity contribution < 1.29 is 0 Å². The molecule has 0 aromatic heterocycles. The molecule has 0 spiro atoms. The second kappa shape index (κ2) is 7.29. The molecule has 1 fully saturated rings. The highest BCUT2D eigenvalue weighted by molar-refractivity contribution is 4.79. The van der Waals surface area contributed by atoms with Gasteiger partial charge in [-0.05, 0) is 51.2 Å². The summed E-state index contributed by atoms with van der Waals surface area (Å²) in [5, 5.41) is 0. The van der Waals surface area contributed by atoms with Crippen LogP contribution in [0.1, 0.15) is 52.4 Å². The van der Waals surface area contributed by atoms with Gasteiger partial charge in [0.15, 0.2) is 0 Å². The molecule has 96 valence electrons. The number of nitrogens with zero attached hydrogens (tertiary/aromatic N) is 1. The van der Waals surface area contributed by atoms with E-state index in [0.717, 1.165) is 24.4 Å². The first-order chi connectivity index (χ1) is 7.69. The lowest BCUT2D eigenvalue weighted by Gasteiger charge is -2.36. The molecular formula is C14H30N2. The van der Waals surface area contributed by atoms with Gasteiger partial charge in [0.1, 0.15) is 0 Å². The van der Waals surface area contributed by atoms with Gasteiger partial charge in [-0.25, -0.2) is 0 Å². The van der Waals surface area contributed by atoms with Crippen molar-refractivity contribution in [2.45, 2.75) is 58.4 Å². The Kier molecular flexibility index (Phi) is 6.37. The van der Waals surface area contributed by atoms with Crippen LogP contribution in [0.2, 0.25) is 0 Å². The van der Waals surface area contributed by atoms with Crippen molar-refractivity contribution in [1.82, 2.24) is 4.90 Å². The van der Waals surface area contributed by atoms with E-state index in [0.29, 0.717) is 0 Å². The molecular weight excluding hydrogens is 196 g/mol. The maximum absolute atomic E-state index is 5.76. The van der Waals surface area contributed by atoms with Crippen LogP contribution < -0.4 is 5.73 Å². The highest BCUT2D eigenvalue weighted by Gasteiger charge is 2.24. The first-order valence-corrected chi connectivity index (χ1v) is 7.09. The SMILES string of the molecule is CCC(CN)CCN(C)C1CCCCC1C. The van der Waals surface area contributed by atoms with Crippen LogP contribution in [0.25, 0.3) is 0 Å². The van der Waals surface area contributed by atoms with E-state index >= 15 is 0 Å². The van der Waals surface area contributed by atoms with Gasteiger partial charge in [0.25, 0.3) is 0 Å². The molecule has 3 unspecified atom stereocenters. The quantitative estimate of drug-likeness (QED) is 0.754. The Bertz CT molecular complexity index is 178. The average molecular weight is 226 g/mol. The summed E-state index contributed by atoms with van der Waals surface area (Å²) in [6.45, 7) is 6.75. The lowest BCUT2D eigenvalue weighted by molar-refractivity contribution is 0.132. The summed E-state index contributed by atoms with van der Waals surface area (Å²) in [6, 6.07) is 0.823. The van der Waals surface area contributed by atoms with Crippen molar-refractivity contribution >= 4 is 0 Å². The zero-order valence-electron chi connectivity index (χ0n) is 11.4. The van der Waals surface area contributed by atoms with Crippen molar-refractivity contribution in [3.8, 4) is 0 Å². The second-order valence-corrected chi connectivity index (χ2v) is 5.61. The fraction of sp³-hybridized carbons (Fsp3) is 1.00. The van der Waals surface area contributed by atoms with Crippen molar-refractivity contribution in [2.75, 3.05) is 20.1 Å². The van der Waals surface area contributed by atoms with Gasteiger partial charge < -0.3 is 10.6 Å². The van der Waals surface area contributed by atoms with Crippen LogP contribution in [0.3, 0.4) is 0 Å². The molecule has 2 heteroatoms. The fourth-order valence-electron chi connectivity index (χ4n) is 2.99. The smallest absolute Gasteiger partial charge is 0.0118 e. The zero-order valence-corrected chi connectivity index (χ0v) is 11.4. The van der Waals surface area contributed by atoms with Crippen LogP contribution in [0.15, 0.2) is 0 Å². The highest BCUT2D eigenvalue weighted by atomic mass is 15.1. The summed E-state index contributed by atoms with van der Waals surface area (Å²) in [5.41, 5.74) is 5.76. The van der Waals surface area contributed by atoms with E-state index < -0.39 is 0 Å².